The van der Waals surface area contributed by atoms with Gasteiger partial charge >= 0.3 is 6.18 Å². The Morgan fingerprint density at radius 2 is 2.14 bits per heavy atom. The summed E-state index contributed by atoms with van der Waals surface area (Å²) >= 11 is 0. The second-order valence-electron chi connectivity index (χ2n) is 7.70. The van der Waals surface area contributed by atoms with Gasteiger partial charge in [-0.2, -0.15) is 18.3 Å². The number of alkyl halides is 3. The molecule has 1 saturated carbocycles. The van der Waals surface area contributed by atoms with Crippen molar-refractivity contribution in [2.45, 2.75) is 57.3 Å². The molecule has 1 aliphatic carbocycles. The van der Waals surface area contributed by atoms with Gasteiger partial charge < -0.3 is 9.64 Å². The zero-order chi connectivity index (χ0) is 23.3. The van der Waals surface area contributed by atoms with E-state index in [1.54, 1.807) is 30.0 Å². The van der Waals surface area contributed by atoms with Crippen LogP contribution in [0, 0.1) is 6.92 Å². The number of likely N-dealkylation sites (tertiary alicyclic amines) is 1. The van der Waals surface area contributed by atoms with E-state index < -0.39 is 31.4 Å². The smallest absolute Gasteiger partial charge is 0.433 e. The maximum atomic E-state index is 13.5. The average molecular weight is 410 g/mol. The highest BCUT2D eigenvalue weighted by Gasteiger charge is 2.39. The summed E-state index contributed by atoms with van der Waals surface area (Å²) in [7, 11) is -2.61. The monoisotopic (exact) mass is 410 g/mol. The number of aromatic nitrogens is 2. The Morgan fingerprint density at radius 1 is 1.34 bits per heavy atom. The fraction of sp³-hybridized carbons (Fsp3) is 0.524. The van der Waals surface area contributed by atoms with Crippen LogP contribution in [-0.2, 0) is 17.5 Å². The van der Waals surface area contributed by atoms with Crippen molar-refractivity contribution in [3.05, 3.63) is 46.8 Å². The molecule has 5 nitrogen and oxygen atoms in total. The molecule has 1 atom stereocenters. The molecule has 1 aromatic heterocycles. The van der Waals surface area contributed by atoms with Crippen molar-refractivity contribution in [3.63, 3.8) is 0 Å². The SMILES string of the molecule is [2H]C([2H])([2H])Oc1cccc(C2CCCN2C(=O)Cn2nc(C3CC3)cc2C(F)(F)F)c1C. The minimum atomic E-state index is -4.59. The number of hydrogen-bond acceptors (Lipinski definition) is 3. The molecule has 2 heterocycles. The number of benzene rings is 1. The Hall–Kier alpha value is -2.51. The van der Waals surface area contributed by atoms with Crippen LogP contribution in [0.15, 0.2) is 24.3 Å². The van der Waals surface area contributed by atoms with Gasteiger partial charge in [-0.25, -0.2) is 0 Å². The number of halogens is 3. The number of amides is 1. The predicted molar refractivity (Wildman–Crippen MR) is 101 cm³/mol. The van der Waals surface area contributed by atoms with Gasteiger partial charge in [-0.15, -0.1) is 0 Å². The van der Waals surface area contributed by atoms with Crippen LogP contribution in [-0.4, -0.2) is 34.2 Å². The van der Waals surface area contributed by atoms with Gasteiger partial charge in [0.2, 0.25) is 5.91 Å². The standard InChI is InChI=1S/C21H24F3N3O2/c1-13-15(5-3-7-18(13)29-2)17-6-4-10-26(17)20(28)12-27-19(21(22,23)24)11-16(25-27)14-8-9-14/h3,5,7,11,14,17H,4,6,8-10,12H2,1-2H3/i2D3. The van der Waals surface area contributed by atoms with E-state index in [1.165, 1.54) is 0 Å². The van der Waals surface area contributed by atoms with Crippen molar-refractivity contribution in [2.75, 3.05) is 13.6 Å². The molecule has 1 aromatic carbocycles. The van der Waals surface area contributed by atoms with Crippen LogP contribution in [0.3, 0.4) is 0 Å². The lowest BCUT2D eigenvalue weighted by atomic mass is 9.98. The summed E-state index contributed by atoms with van der Waals surface area (Å²) in [6, 6.07) is 5.67. The highest BCUT2D eigenvalue weighted by atomic mass is 19.4. The Morgan fingerprint density at radius 3 is 2.83 bits per heavy atom. The van der Waals surface area contributed by atoms with Crippen molar-refractivity contribution in [1.29, 1.82) is 0 Å². The largest absolute Gasteiger partial charge is 0.496 e. The van der Waals surface area contributed by atoms with Crippen LogP contribution in [0.1, 0.15) is 64.3 Å². The number of carbonyl (C=O) groups excluding carboxylic acids is 1. The third-order valence-electron chi connectivity index (χ3n) is 5.74. The maximum absolute atomic E-state index is 13.5. The van der Waals surface area contributed by atoms with Crippen LogP contribution in [0.2, 0.25) is 0 Å². The van der Waals surface area contributed by atoms with Crippen molar-refractivity contribution < 1.29 is 26.8 Å². The fourth-order valence-corrected chi connectivity index (χ4v) is 4.07. The summed E-state index contributed by atoms with van der Waals surface area (Å²) in [6.45, 7) is 1.63. The highest BCUT2D eigenvalue weighted by Crippen LogP contribution is 2.42. The summed E-state index contributed by atoms with van der Waals surface area (Å²) < 4.78 is 68.3. The van der Waals surface area contributed by atoms with Crippen LogP contribution in [0.25, 0.3) is 0 Å². The number of rotatable bonds is 5. The minimum Gasteiger partial charge on any atom is -0.496 e. The van der Waals surface area contributed by atoms with E-state index in [-0.39, 0.29) is 17.7 Å². The van der Waals surface area contributed by atoms with E-state index in [2.05, 4.69) is 5.10 Å². The van der Waals surface area contributed by atoms with E-state index in [0.29, 0.717) is 30.6 Å². The molecule has 1 saturated heterocycles. The quantitative estimate of drug-likeness (QED) is 0.731. The molecule has 1 unspecified atom stereocenters. The molecule has 2 fully saturated rings. The lowest BCUT2D eigenvalue weighted by Crippen LogP contribution is -2.35. The minimum absolute atomic E-state index is 0.0376. The summed E-state index contributed by atoms with van der Waals surface area (Å²) in [5, 5.41) is 4.09. The predicted octanol–water partition coefficient (Wildman–Crippen LogP) is 4.46. The second-order valence-corrected chi connectivity index (χ2v) is 7.70. The van der Waals surface area contributed by atoms with Gasteiger partial charge in [-0.1, -0.05) is 12.1 Å². The van der Waals surface area contributed by atoms with Crippen molar-refractivity contribution in [3.8, 4) is 5.75 Å². The molecule has 156 valence electrons. The second kappa shape index (κ2) is 7.39. The fourth-order valence-electron chi connectivity index (χ4n) is 4.07. The first-order chi connectivity index (χ1) is 14.9. The molecule has 0 bridgehead atoms. The van der Waals surface area contributed by atoms with Gasteiger partial charge in [0, 0.05) is 12.5 Å². The normalized spacial score (nSPS) is 21.6. The molecule has 4 rings (SSSR count). The molecule has 2 aliphatic rings. The average Bonchev–Trinajstić information content (AvgIpc) is 3.24. The molecule has 1 aliphatic heterocycles. The van der Waals surface area contributed by atoms with Crippen molar-refractivity contribution in [1.82, 2.24) is 14.7 Å². The third kappa shape index (κ3) is 3.84. The van der Waals surface area contributed by atoms with Crippen LogP contribution >= 0.6 is 0 Å². The van der Waals surface area contributed by atoms with E-state index in [0.717, 1.165) is 29.2 Å². The van der Waals surface area contributed by atoms with Gasteiger partial charge in [0.05, 0.1) is 22.9 Å². The summed E-state index contributed by atoms with van der Waals surface area (Å²) in [5.74, 6) is -0.220. The zero-order valence-electron chi connectivity index (χ0n) is 19.0. The summed E-state index contributed by atoms with van der Waals surface area (Å²) in [4.78, 5) is 14.6. The van der Waals surface area contributed by atoms with Crippen LogP contribution in [0.5, 0.6) is 5.75 Å². The van der Waals surface area contributed by atoms with E-state index in [1.807, 2.05) is 0 Å². The molecule has 29 heavy (non-hydrogen) atoms. The zero-order valence-corrected chi connectivity index (χ0v) is 16.0. The van der Waals surface area contributed by atoms with Crippen LogP contribution in [0.4, 0.5) is 13.2 Å². The maximum Gasteiger partial charge on any atom is 0.433 e. The van der Waals surface area contributed by atoms with E-state index in [9.17, 15) is 18.0 Å². The molecular weight excluding hydrogens is 383 g/mol. The number of methoxy groups -OCH3 is 1. The number of ether oxygens (including phenoxy) is 1. The first-order valence-electron chi connectivity index (χ1n) is 11.2. The Labute approximate surface area is 171 Å². The number of hydrogen-bond donors (Lipinski definition) is 0. The van der Waals surface area contributed by atoms with E-state index in [4.69, 9.17) is 8.85 Å². The van der Waals surface area contributed by atoms with Crippen molar-refractivity contribution >= 4 is 5.91 Å². The van der Waals surface area contributed by atoms with Gasteiger partial charge in [0.1, 0.15) is 18.0 Å². The topological polar surface area (TPSA) is 47.4 Å². The molecule has 2 aromatic rings. The molecule has 8 heteroatoms. The van der Waals surface area contributed by atoms with Crippen molar-refractivity contribution in [2.24, 2.45) is 0 Å². The molecular formula is C21H24F3N3O2. The molecule has 0 spiro atoms. The van der Waals surface area contributed by atoms with Gasteiger partial charge in [-0.3, -0.25) is 9.48 Å². The first-order valence-corrected chi connectivity index (χ1v) is 9.67. The Kier molecular flexibility index (Phi) is 4.15. The van der Waals surface area contributed by atoms with Gasteiger partial charge in [0.25, 0.3) is 0 Å². The van der Waals surface area contributed by atoms with Gasteiger partial charge in [0.15, 0.2) is 0 Å². The lowest BCUT2D eigenvalue weighted by molar-refractivity contribution is -0.146. The number of carbonyl (C=O) groups is 1. The molecule has 0 N–H and O–H groups in total. The summed E-state index contributed by atoms with van der Waals surface area (Å²) in [6.07, 6.45) is -1.65. The summed E-state index contributed by atoms with van der Waals surface area (Å²) in [5.41, 5.74) is 0.799. The van der Waals surface area contributed by atoms with E-state index >= 15 is 0 Å². The van der Waals surface area contributed by atoms with Crippen LogP contribution < -0.4 is 4.74 Å². The molecule has 0 radical (unpaired) electrons. The highest BCUT2D eigenvalue weighted by molar-refractivity contribution is 5.77. The number of nitrogens with zero attached hydrogens (tertiary/aromatic N) is 3. The Balaban J connectivity index is 1.57. The Bertz CT molecular complexity index is 1020. The molecule has 1 amide bonds. The van der Waals surface area contributed by atoms with Gasteiger partial charge in [-0.05, 0) is 55.9 Å². The first kappa shape index (κ1) is 16.3. The third-order valence-corrected chi connectivity index (χ3v) is 5.74. The lowest BCUT2D eigenvalue weighted by Gasteiger charge is -2.27.